The van der Waals surface area contributed by atoms with E-state index in [4.69, 9.17) is 4.99 Å². The molecule has 1 aromatic heterocycles. The van der Waals surface area contributed by atoms with Crippen LogP contribution in [0.2, 0.25) is 0 Å². The van der Waals surface area contributed by atoms with Crippen molar-refractivity contribution in [2.45, 2.75) is 39.3 Å². The van der Waals surface area contributed by atoms with E-state index >= 15 is 0 Å². The van der Waals surface area contributed by atoms with Crippen molar-refractivity contribution in [3.63, 3.8) is 0 Å². The summed E-state index contributed by atoms with van der Waals surface area (Å²) in [5, 5.41) is 11.1. The van der Waals surface area contributed by atoms with Gasteiger partial charge in [-0.05, 0) is 37.6 Å². The lowest BCUT2D eigenvalue weighted by atomic mass is 9.80. The van der Waals surface area contributed by atoms with Crippen LogP contribution in [0, 0.1) is 17.2 Å². The molecule has 0 saturated carbocycles. The van der Waals surface area contributed by atoms with Crippen molar-refractivity contribution in [1.82, 2.24) is 20.0 Å². The van der Waals surface area contributed by atoms with Crippen LogP contribution in [0.1, 0.15) is 44.8 Å². The molecule has 2 saturated heterocycles. The SMILES string of the molecule is C[C@@H](c1ccc(F)cc1)N1C(=O)C(C)(C)C2CN=C(Nc3cnn(C4CCNC4)c3)N=C21. The molecule has 0 spiro atoms. The van der Waals surface area contributed by atoms with Gasteiger partial charge in [-0.2, -0.15) is 10.1 Å². The van der Waals surface area contributed by atoms with Gasteiger partial charge in [0.15, 0.2) is 0 Å². The summed E-state index contributed by atoms with van der Waals surface area (Å²) in [4.78, 5) is 24.5. The number of guanidine groups is 1. The van der Waals surface area contributed by atoms with Crippen molar-refractivity contribution in [3.8, 4) is 0 Å². The molecule has 2 unspecified atom stereocenters. The molecule has 2 N–H and O–H groups in total. The van der Waals surface area contributed by atoms with E-state index in [2.05, 4.69) is 20.7 Å². The highest BCUT2D eigenvalue weighted by atomic mass is 19.1. The maximum atomic E-state index is 13.4. The molecule has 168 valence electrons. The minimum atomic E-state index is -0.609. The number of likely N-dealkylation sites (tertiary alicyclic amines) is 1. The van der Waals surface area contributed by atoms with Crippen LogP contribution in [0.25, 0.3) is 0 Å². The highest BCUT2D eigenvalue weighted by Crippen LogP contribution is 2.43. The number of aromatic nitrogens is 2. The molecular formula is C23H28FN7O. The van der Waals surface area contributed by atoms with Crippen LogP contribution >= 0.6 is 0 Å². The Morgan fingerprint density at radius 2 is 2.06 bits per heavy atom. The Bertz CT molecular complexity index is 1080. The molecule has 5 rings (SSSR count). The molecule has 0 bridgehead atoms. The lowest BCUT2D eigenvalue weighted by molar-refractivity contribution is -0.135. The number of rotatable bonds is 4. The molecule has 3 atom stereocenters. The number of hydrogen-bond donors (Lipinski definition) is 2. The van der Waals surface area contributed by atoms with Gasteiger partial charge < -0.3 is 10.6 Å². The van der Waals surface area contributed by atoms with Gasteiger partial charge in [0.25, 0.3) is 0 Å². The number of nitrogens with zero attached hydrogens (tertiary/aromatic N) is 5. The van der Waals surface area contributed by atoms with Gasteiger partial charge in [0.05, 0.1) is 41.8 Å². The monoisotopic (exact) mass is 437 g/mol. The number of benzene rings is 1. The fourth-order valence-corrected chi connectivity index (χ4v) is 4.75. The van der Waals surface area contributed by atoms with E-state index in [-0.39, 0.29) is 23.7 Å². The molecule has 3 aliphatic rings. The van der Waals surface area contributed by atoms with Crippen LogP contribution in [0.15, 0.2) is 46.6 Å². The van der Waals surface area contributed by atoms with Gasteiger partial charge in [0.1, 0.15) is 11.7 Å². The van der Waals surface area contributed by atoms with Crippen molar-refractivity contribution in [1.29, 1.82) is 0 Å². The molecule has 9 heteroatoms. The predicted octanol–water partition coefficient (Wildman–Crippen LogP) is 2.98. The first-order chi connectivity index (χ1) is 15.3. The number of amides is 1. The lowest BCUT2D eigenvalue weighted by Gasteiger charge is -2.27. The molecule has 32 heavy (non-hydrogen) atoms. The molecule has 0 radical (unpaired) electrons. The number of carbonyl (C=O) groups excluding carboxylic acids is 1. The van der Waals surface area contributed by atoms with E-state index in [0.717, 1.165) is 30.8 Å². The zero-order valence-electron chi connectivity index (χ0n) is 18.5. The van der Waals surface area contributed by atoms with Crippen molar-refractivity contribution in [3.05, 3.63) is 48.0 Å². The van der Waals surface area contributed by atoms with Crippen molar-refractivity contribution < 1.29 is 9.18 Å². The Morgan fingerprint density at radius 1 is 1.28 bits per heavy atom. The Kier molecular flexibility index (Phi) is 5.08. The summed E-state index contributed by atoms with van der Waals surface area (Å²) in [5.41, 5.74) is 1.07. The predicted molar refractivity (Wildman–Crippen MR) is 121 cm³/mol. The van der Waals surface area contributed by atoms with Crippen LogP contribution in [-0.4, -0.2) is 52.0 Å². The number of anilines is 1. The largest absolute Gasteiger partial charge is 0.322 e. The second kappa shape index (κ2) is 7.81. The summed E-state index contributed by atoms with van der Waals surface area (Å²) < 4.78 is 15.4. The molecular weight excluding hydrogens is 409 g/mol. The number of nitrogens with one attached hydrogen (secondary N) is 2. The van der Waals surface area contributed by atoms with Crippen LogP contribution in [0.5, 0.6) is 0 Å². The van der Waals surface area contributed by atoms with Crippen LogP contribution in [0.4, 0.5) is 10.1 Å². The summed E-state index contributed by atoms with van der Waals surface area (Å²) >= 11 is 0. The summed E-state index contributed by atoms with van der Waals surface area (Å²) in [7, 11) is 0. The summed E-state index contributed by atoms with van der Waals surface area (Å²) in [6, 6.07) is 6.37. The van der Waals surface area contributed by atoms with E-state index in [1.807, 2.05) is 31.6 Å². The molecule has 8 nitrogen and oxygen atoms in total. The summed E-state index contributed by atoms with van der Waals surface area (Å²) in [6.07, 6.45) is 4.80. The number of hydrogen-bond acceptors (Lipinski definition) is 6. The summed E-state index contributed by atoms with van der Waals surface area (Å²) in [6.45, 7) is 8.24. The topological polar surface area (TPSA) is 86.9 Å². The highest BCUT2D eigenvalue weighted by Gasteiger charge is 2.54. The lowest BCUT2D eigenvalue weighted by Crippen LogP contribution is -2.36. The fourth-order valence-electron chi connectivity index (χ4n) is 4.75. The standard InChI is InChI=1S/C23H28FN7O/c1-14(15-4-6-16(24)7-5-15)31-20-19(23(2,3)21(31)32)12-26-22(29-20)28-17-10-27-30(13-17)18-8-9-25-11-18/h4-7,10,13-14,18-19,25H,8-9,11-12H2,1-3H3,(H,26,28)/t14-,18?,19?/m0/s1. The quantitative estimate of drug-likeness (QED) is 0.770. The molecule has 0 aliphatic carbocycles. The maximum Gasteiger partial charge on any atom is 0.234 e. The zero-order chi connectivity index (χ0) is 22.5. The van der Waals surface area contributed by atoms with Crippen LogP contribution < -0.4 is 10.6 Å². The van der Waals surface area contributed by atoms with E-state index in [9.17, 15) is 9.18 Å². The van der Waals surface area contributed by atoms with Crippen molar-refractivity contribution in [2.24, 2.45) is 21.3 Å². The minimum Gasteiger partial charge on any atom is -0.322 e. The average molecular weight is 438 g/mol. The third kappa shape index (κ3) is 3.50. The van der Waals surface area contributed by atoms with Crippen LogP contribution in [0.3, 0.4) is 0 Å². The van der Waals surface area contributed by atoms with Gasteiger partial charge in [0.2, 0.25) is 11.9 Å². The van der Waals surface area contributed by atoms with E-state index in [1.54, 1.807) is 23.2 Å². The normalized spacial score (nSPS) is 25.4. The smallest absolute Gasteiger partial charge is 0.234 e. The molecule has 2 fully saturated rings. The molecule has 4 heterocycles. The summed E-state index contributed by atoms with van der Waals surface area (Å²) in [5.74, 6) is 0.796. The zero-order valence-corrected chi connectivity index (χ0v) is 18.5. The first kappa shape index (κ1) is 20.8. The third-order valence-corrected chi connectivity index (χ3v) is 6.85. The van der Waals surface area contributed by atoms with Gasteiger partial charge in [-0.25, -0.2) is 4.39 Å². The van der Waals surface area contributed by atoms with Gasteiger partial charge in [-0.1, -0.05) is 26.0 Å². The van der Waals surface area contributed by atoms with Gasteiger partial charge in [0, 0.05) is 12.7 Å². The number of amidine groups is 1. The van der Waals surface area contributed by atoms with Gasteiger partial charge in [-0.15, -0.1) is 0 Å². The van der Waals surface area contributed by atoms with Gasteiger partial charge in [-0.3, -0.25) is 19.4 Å². The number of fused-ring (bicyclic) bond motifs is 1. The number of aliphatic imine (C=N–C) groups is 2. The third-order valence-electron chi connectivity index (χ3n) is 6.85. The molecule has 1 aromatic carbocycles. The Balaban J connectivity index is 1.40. The average Bonchev–Trinajstić information content (AvgIpc) is 3.49. The van der Waals surface area contributed by atoms with Crippen molar-refractivity contribution >= 4 is 23.4 Å². The van der Waals surface area contributed by atoms with E-state index in [0.29, 0.717) is 24.4 Å². The van der Waals surface area contributed by atoms with Crippen molar-refractivity contribution in [2.75, 3.05) is 25.0 Å². The Hall–Kier alpha value is -3.07. The maximum absolute atomic E-state index is 13.4. The Labute approximate surface area is 186 Å². The second-order valence-electron chi connectivity index (χ2n) is 9.29. The number of carbonyl (C=O) groups is 1. The minimum absolute atomic E-state index is 0.0103. The number of halogens is 1. The first-order valence-electron chi connectivity index (χ1n) is 11.1. The van der Waals surface area contributed by atoms with E-state index in [1.165, 1.54) is 12.1 Å². The van der Waals surface area contributed by atoms with E-state index < -0.39 is 5.41 Å². The highest BCUT2D eigenvalue weighted by molar-refractivity contribution is 6.15. The molecule has 1 amide bonds. The molecule has 2 aromatic rings. The van der Waals surface area contributed by atoms with Crippen LogP contribution in [-0.2, 0) is 4.79 Å². The molecule has 3 aliphatic heterocycles. The Morgan fingerprint density at radius 3 is 2.78 bits per heavy atom. The second-order valence-corrected chi connectivity index (χ2v) is 9.29. The van der Waals surface area contributed by atoms with Gasteiger partial charge >= 0.3 is 0 Å². The first-order valence-corrected chi connectivity index (χ1v) is 11.1. The fraction of sp³-hybridized carbons (Fsp3) is 0.478.